The SMILES string of the molecule is COc1ccc(C(=O)/C(C#N)=C/c2cc(Br)c(O)c(OC)c2)cc1. The van der Waals surface area contributed by atoms with Gasteiger partial charge in [-0.1, -0.05) is 0 Å². The predicted octanol–water partition coefficient (Wildman–Crippen LogP) is 3.96. The van der Waals surface area contributed by atoms with Gasteiger partial charge in [0.1, 0.15) is 17.4 Å². The van der Waals surface area contributed by atoms with Crippen LogP contribution in [0, 0.1) is 11.3 Å². The van der Waals surface area contributed by atoms with Crippen molar-refractivity contribution in [2.75, 3.05) is 14.2 Å². The minimum absolute atomic E-state index is 0.0280. The zero-order chi connectivity index (χ0) is 17.7. The molecule has 2 rings (SSSR count). The Bertz CT molecular complexity index is 835. The Morgan fingerprint density at radius 3 is 2.42 bits per heavy atom. The lowest BCUT2D eigenvalue weighted by atomic mass is 10.0. The quantitative estimate of drug-likeness (QED) is 0.477. The van der Waals surface area contributed by atoms with Crippen LogP contribution in [-0.2, 0) is 0 Å². The van der Waals surface area contributed by atoms with E-state index in [4.69, 9.17) is 9.47 Å². The van der Waals surface area contributed by atoms with E-state index in [9.17, 15) is 15.2 Å². The third-order valence-electron chi connectivity index (χ3n) is 3.30. The van der Waals surface area contributed by atoms with Gasteiger partial charge in [-0.05, 0) is 64.0 Å². The molecule has 0 aliphatic rings. The number of carbonyl (C=O) groups excluding carboxylic acids is 1. The van der Waals surface area contributed by atoms with Gasteiger partial charge in [-0.2, -0.15) is 5.26 Å². The maximum absolute atomic E-state index is 12.5. The highest BCUT2D eigenvalue weighted by molar-refractivity contribution is 9.10. The van der Waals surface area contributed by atoms with Crippen molar-refractivity contribution in [3.63, 3.8) is 0 Å². The fourth-order valence-corrected chi connectivity index (χ4v) is 2.51. The Kier molecular flexibility index (Phi) is 5.61. The molecule has 0 heterocycles. The van der Waals surface area contributed by atoms with Crippen LogP contribution in [0.4, 0.5) is 0 Å². The number of nitriles is 1. The van der Waals surface area contributed by atoms with Crippen LogP contribution >= 0.6 is 15.9 Å². The zero-order valence-corrected chi connectivity index (χ0v) is 14.6. The first-order chi connectivity index (χ1) is 11.5. The number of methoxy groups -OCH3 is 2. The average molecular weight is 388 g/mol. The third-order valence-corrected chi connectivity index (χ3v) is 3.90. The lowest BCUT2D eigenvalue weighted by Gasteiger charge is -2.07. The maximum atomic E-state index is 12.5. The van der Waals surface area contributed by atoms with Gasteiger partial charge in [0.25, 0.3) is 0 Å². The van der Waals surface area contributed by atoms with Gasteiger partial charge >= 0.3 is 0 Å². The third kappa shape index (κ3) is 3.76. The second-order valence-corrected chi connectivity index (χ2v) is 5.64. The summed E-state index contributed by atoms with van der Waals surface area (Å²) in [7, 11) is 2.95. The van der Waals surface area contributed by atoms with Crippen LogP contribution in [0.15, 0.2) is 46.4 Å². The van der Waals surface area contributed by atoms with E-state index in [-0.39, 0.29) is 17.1 Å². The lowest BCUT2D eigenvalue weighted by Crippen LogP contribution is -2.02. The summed E-state index contributed by atoms with van der Waals surface area (Å²) < 4.78 is 10.5. The normalized spacial score (nSPS) is 10.8. The number of phenolic OH excluding ortho intramolecular Hbond substituents is 1. The number of hydrogen-bond acceptors (Lipinski definition) is 5. The second kappa shape index (κ2) is 7.66. The van der Waals surface area contributed by atoms with E-state index in [0.717, 1.165) is 0 Å². The minimum Gasteiger partial charge on any atom is -0.503 e. The Morgan fingerprint density at radius 2 is 1.88 bits per heavy atom. The highest BCUT2D eigenvalue weighted by Crippen LogP contribution is 2.35. The van der Waals surface area contributed by atoms with Crippen molar-refractivity contribution in [2.45, 2.75) is 0 Å². The summed E-state index contributed by atoms with van der Waals surface area (Å²) in [5.74, 6) is 0.420. The van der Waals surface area contributed by atoms with Crippen molar-refractivity contribution in [1.29, 1.82) is 5.26 Å². The molecule has 0 aromatic heterocycles. The number of rotatable bonds is 5. The van der Waals surface area contributed by atoms with E-state index < -0.39 is 5.78 Å². The summed E-state index contributed by atoms with van der Waals surface area (Å²) in [5.41, 5.74) is 0.906. The average Bonchev–Trinajstić information content (AvgIpc) is 2.61. The van der Waals surface area contributed by atoms with Crippen LogP contribution in [-0.4, -0.2) is 25.1 Å². The zero-order valence-electron chi connectivity index (χ0n) is 13.0. The molecule has 0 unspecified atom stereocenters. The van der Waals surface area contributed by atoms with Crippen molar-refractivity contribution in [1.82, 2.24) is 0 Å². The van der Waals surface area contributed by atoms with E-state index in [1.165, 1.54) is 20.3 Å². The first-order valence-electron chi connectivity index (χ1n) is 6.87. The van der Waals surface area contributed by atoms with Crippen LogP contribution < -0.4 is 9.47 Å². The van der Waals surface area contributed by atoms with E-state index in [2.05, 4.69) is 15.9 Å². The molecule has 0 radical (unpaired) electrons. The number of ketones is 1. The summed E-state index contributed by atoms with van der Waals surface area (Å²) in [6.07, 6.45) is 1.44. The van der Waals surface area contributed by atoms with E-state index in [1.54, 1.807) is 36.4 Å². The van der Waals surface area contributed by atoms with Crippen LogP contribution in [0.1, 0.15) is 15.9 Å². The van der Waals surface area contributed by atoms with Crippen molar-refractivity contribution in [2.24, 2.45) is 0 Å². The molecule has 1 N–H and O–H groups in total. The topological polar surface area (TPSA) is 79.6 Å². The Balaban J connectivity index is 2.40. The van der Waals surface area contributed by atoms with E-state index >= 15 is 0 Å². The van der Waals surface area contributed by atoms with Crippen molar-refractivity contribution in [3.05, 3.63) is 57.6 Å². The molecule has 2 aromatic rings. The van der Waals surface area contributed by atoms with Gasteiger partial charge in [-0.25, -0.2) is 0 Å². The summed E-state index contributed by atoms with van der Waals surface area (Å²) in [4.78, 5) is 12.5. The fourth-order valence-electron chi connectivity index (χ4n) is 2.05. The van der Waals surface area contributed by atoms with Gasteiger partial charge < -0.3 is 14.6 Å². The minimum atomic E-state index is -0.400. The van der Waals surface area contributed by atoms with Crippen LogP contribution in [0.3, 0.4) is 0 Å². The first-order valence-corrected chi connectivity index (χ1v) is 7.66. The molecule has 0 aliphatic heterocycles. The number of hydrogen-bond donors (Lipinski definition) is 1. The molecule has 122 valence electrons. The largest absolute Gasteiger partial charge is 0.503 e. The monoisotopic (exact) mass is 387 g/mol. The summed E-state index contributed by atoms with van der Waals surface area (Å²) >= 11 is 3.21. The van der Waals surface area contributed by atoms with Gasteiger partial charge in [0.2, 0.25) is 5.78 Å². The van der Waals surface area contributed by atoms with E-state index in [1.807, 2.05) is 6.07 Å². The standard InChI is InChI=1S/C18H14BrNO4/c1-23-14-5-3-12(4-6-14)17(21)13(10-20)7-11-8-15(19)18(22)16(9-11)24-2/h3-9,22H,1-2H3/b13-7+. The molecule has 0 fully saturated rings. The highest BCUT2D eigenvalue weighted by atomic mass is 79.9. The van der Waals surface area contributed by atoms with Gasteiger partial charge in [0.15, 0.2) is 11.5 Å². The van der Waals surface area contributed by atoms with Gasteiger partial charge in [-0.15, -0.1) is 0 Å². The molecule has 5 nitrogen and oxygen atoms in total. The van der Waals surface area contributed by atoms with Crippen molar-refractivity contribution < 1.29 is 19.4 Å². The number of benzene rings is 2. The van der Waals surface area contributed by atoms with E-state index in [0.29, 0.717) is 21.3 Å². The number of ether oxygens (including phenoxy) is 2. The van der Waals surface area contributed by atoms with Gasteiger partial charge in [0, 0.05) is 5.56 Å². The molecular weight excluding hydrogens is 374 g/mol. The number of carbonyl (C=O) groups is 1. The number of aromatic hydroxyl groups is 1. The first kappa shape index (κ1) is 17.6. The molecule has 0 saturated heterocycles. The number of halogens is 1. The summed E-state index contributed by atoms with van der Waals surface area (Å²) in [6, 6.07) is 11.5. The Labute approximate surface area is 147 Å². The molecule has 2 aromatic carbocycles. The molecule has 0 atom stereocenters. The molecule has 0 spiro atoms. The predicted molar refractivity (Wildman–Crippen MR) is 93.3 cm³/mol. The molecule has 6 heteroatoms. The number of phenols is 1. The lowest BCUT2D eigenvalue weighted by molar-refractivity contribution is 0.104. The summed E-state index contributed by atoms with van der Waals surface area (Å²) in [5, 5.41) is 19.1. The number of nitrogens with zero attached hydrogens (tertiary/aromatic N) is 1. The molecule has 0 bridgehead atoms. The fraction of sp³-hybridized carbons (Fsp3) is 0.111. The van der Waals surface area contributed by atoms with Gasteiger partial charge in [-0.3, -0.25) is 4.79 Å². The van der Waals surface area contributed by atoms with Crippen LogP contribution in [0.5, 0.6) is 17.2 Å². The van der Waals surface area contributed by atoms with Crippen molar-refractivity contribution >= 4 is 27.8 Å². The van der Waals surface area contributed by atoms with Crippen LogP contribution in [0.25, 0.3) is 6.08 Å². The molecule has 0 amide bonds. The molecule has 0 aliphatic carbocycles. The second-order valence-electron chi connectivity index (χ2n) is 4.78. The number of allylic oxidation sites excluding steroid dienone is 1. The van der Waals surface area contributed by atoms with Gasteiger partial charge in [0.05, 0.1) is 18.7 Å². The molecular formula is C18H14BrNO4. The van der Waals surface area contributed by atoms with Crippen LogP contribution in [0.2, 0.25) is 0 Å². The Morgan fingerprint density at radius 1 is 1.21 bits per heavy atom. The van der Waals surface area contributed by atoms with Crippen molar-refractivity contribution in [3.8, 4) is 23.3 Å². The Hall–Kier alpha value is -2.78. The smallest absolute Gasteiger partial charge is 0.203 e. The highest BCUT2D eigenvalue weighted by Gasteiger charge is 2.14. The maximum Gasteiger partial charge on any atom is 0.203 e. The number of Topliss-reactive ketones (excluding diaryl/α,β-unsaturated/α-hetero) is 1. The molecule has 0 saturated carbocycles. The molecule has 24 heavy (non-hydrogen) atoms. The summed E-state index contributed by atoms with van der Waals surface area (Å²) in [6.45, 7) is 0.